The number of nitrogens with one attached hydrogen (secondary N) is 2. The summed E-state index contributed by atoms with van der Waals surface area (Å²) in [6.07, 6.45) is 2.15. The molecule has 0 bridgehead atoms. The van der Waals surface area contributed by atoms with Crippen molar-refractivity contribution in [2.75, 3.05) is 18.5 Å². The molecule has 4 rings (SSSR count). The number of rotatable bonds is 3. The number of nitrogens with zero attached hydrogens (tertiary/aromatic N) is 2. The maximum atomic E-state index is 12.4. The second kappa shape index (κ2) is 6.57. The summed E-state index contributed by atoms with van der Waals surface area (Å²) in [5.74, 6) is 0.843. The number of aryl methyl sites for hydroxylation is 1. The molecule has 1 amide bonds. The van der Waals surface area contributed by atoms with Crippen LogP contribution in [0.4, 0.5) is 5.69 Å². The van der Waals surface area contributed by atoms with Crippen LogP contribution in [0.15, 0.2) is 42.6 Å². The average molecular weight is 336 g/mol. The first kappa shape index (κ1) is 15.7. The number of hydrogen-bond acceptors (Lipinski definition) is 4. The van der Waals surface area contributed by atoms with Crippen molar-refractivity contribution in [2.45, 2.75) is 13.0 Å². The molecule has 2 N–H and O–H groups in total. The number of carbonyl (C=O) groups excluding carboxylic acids is 1. The predicted molar refractivity (Wildman–Crippen MR) is 96.7 cm³/mol. The van der Waals surface area contributed by atoms with Crippen LogP contribution in [0.1, 0.15) is 11.1 Å². The molecule has 0 fully saturated rings. The van der Waals surface area contributed by atoms with Gasteiger partial charge in [-0.3, -0.25) is 9.48 Å². The first-order valence-electron chi connectivity index (χ1n) is 8.36. The highest BCUT2D eigenvalue weighted by molar-refractivity contribution is 5.93. The first-order valence-corrected chi connectivity index (χ1v) is 8.36. The molecule has 0 atom stereocenters. The Morgan fingerprint density at radius 3 is 3.16 bits per heavy atom. The van der Waals surface area contributed by atoms with Crippen molar-refractivity contribution in [3.05, 3.63) is 53.7 Å². The standard InChI is InChI=1S/C19H20N4O2/c1-23-17-4-2-13(8-14(17)12-21-23)9-19(24)22-16-3-5-18-15(10-16)11-20-6-7-25-18/h2-5,8,10,12,20H,6-7,9,11H2,1H3,(H,22,24). The zero-order chi connectivity index (χ0) is 17.2. The van der Waals surface area contributed by atoms with Gasteiger partial charge >= 0.3 is 0 Å². The van der Waals surface area contributed by atoms with E-state index in [0.717, 1.165) is 46.6 Å². The predicted octanol–water partition coefficient (Wildman–Crippen LogP) is 2.24. The van der Waals surface area contributed by atoms with Crippen molar-refractivity contribution >= 4 is 22.5 Å². The molecule has 0 aliphatic carbocycles. The van der Waals surface area contributed by atoms with Gasteiger partial charge in [-0.25, -0.2) is 0 Å². The van der Waals surface area contributed by atoms with Gasteiger partial charge in [-0.2, -0.15) is 5.10 Å². The van der Waals surface area contributed by atoms with Gasteiger partial charge in [0.25, 0.3) is 0 Å². The highest BCUT2D eigenvalue weighted by Gasteiger charge is 2.11. The SMILES string of the molecule is Cn1ncc2cc(CC(=O)Nc3ccc4c(c3)CNCCO4)ccc21. The van der Waals surface area contributed by atoms with E-state index in [9.17, 15) is 4.79 Å². The highest BCUT2D eigenvalue weighted by Crippen LogP contribution is 2.24. The Bertz CT molecular complexity index is 932. The van der Waals surface area contributed by atoms with Crippen LogP contribution in [0.2, 0.25) is 0 Å². The van der Waals surface area contributed by atoms with Gasteiger partial charge in [0.1, 0.15) is 12.4 Å². The van der Waals surface area contributed by atoms with Gasteiger partial charge in [0, 0.05) is 36.8 Å². The Morgan fingerprint density at radius 2 is 2.24 bits per heavy atom. The molecule has 6 heteroatoms. The van der Waals surface area contributed by atoms with Crippen molar-refractivity contribution in [1.82, 2.24) is 15.1 Å². The molecular formula is C19H20N4O2. The molecule has 2 heterocycles. The number of anilines is 1. The molecule has 0 unspecified atom stereocenters. The topological polar surface area (TPSA) is 68.2 Å². The van der Waals surface area contributed by atoms with Gasteiger partial charge in [-0.15, -0.1) is 0 Å². The molecule has 1 aliphatic heterocycles. The third-order valence-electron chi connectivity index (χ3n) is 4.37. The minimum Gasteiger partial charge on any atom is -0.492 e. The Balaban J connectivity index is 1.47. The van der Waals surface area contributed by atoms with Gasteiger partial charge < -0.3 is 15.4 Å². The minimum atomic E-state index is -0.0364. The third kappa shape index (κ3) is 3.34. The Labute approximate surface area is 145 Å². The van der Waals surface area contributed by atoms with Crippen LogP contribution in [0.5, 0.6) is 5.75 Å². The normalized spacial score (nSPS) is 13.8. The highest BCUT2D eigenvalue weighted by atomic mass is 16.5. The third-order valence-corrected chi connectivity index (χ3v) is 4.37. The molecule has 128 valence electrons. The Hall–Kier alpha value is -2.86. The quantitative estimate of drug-likeness (QED) is 0.770. The van der Waals surface area contributed by atoms with Crippen molar-refractivity contribution in [2.24, 2.45) is 7.05 Å². The van der Waals surface area contributed by atoms with Crippen molar-refractivity contribution in [3.63, 3.8) is 0 Å². The number of aromatic nitrogens is 2. The lowest BCUT2D eigenvalue weighted by Gasteiger charge is -2.10. The van der Waals surface area contributed by atoms with Crippen LogP contribution in [0.25, 0.3) is 10.9 Å². The molecule has 6 nitrogen and oxygen atoms in total. The number of benzene rings is 2. The maximum absolute atomic E-state index is 12.4. The first-order chi connectivity index (χ1) is 12.2. The van der Waals surface area contributed by atoms with E-state index in [1.807, 2.05) is 54.3 Å². The van der Waals surface area contributed by atoms with Crippen LogP contribution < -0.4 is 15.4 Å². The number of fused-ring (bicyclic) bond motifs is 2. The monoisotopic (exact) mass is 336 g/mol. The summed E-state index contributed by atoms with van der Waals surface area (Å²) >= 11 is 0. The van der Waals surface area contributed by atoms with Crippen LogP contribution in [-0.2, 0) is 24.8 Å². The molecular weight excluding hydrogens is 316 g/mol. The zero-order valence-corrected chi connectivity index (χ0v) is 14.1. The molecule has 0 radical (unpaired) electrons. The van der Waals surface area contributed by atoms with Gasteiger partial charge in [0.05, 0.1) is 18.1 Å². The molecule has 25 heavy (non-hydrogen) atoms. The Morgan fingerprint density at radius 1 is 1.32 bits per heavy atom. The Kier molecular flexibility index (Phi) is 4.11. The van der Waals surface area contributed by atoms with Gasteiger partial charge in [0.15, 0.2) is 0 Å². The summed E-state index contributed by atoms with van der Waals surface area (Å²) in [5.41, 5.74) is 3.88. The molecule has 0 saturated heterocycles. The fourth-order valence-corrected chi connectivity index (χ4v) is 3.11. The largest absolute Gasteiger partial charge is 0.492 e. The number of carbonyl (C=O) groups is 1. The van der Waals surface area contributed by atoms with Crippen molar-refractivity contribution in [1.29, 1.82) is 0 Å². The molecule has 3 aromatic rings. The van der Waals surface area contributed by atoms with Crippen molar-refractivity contribution in [3.8, 4) is 5.75 Å². The summed E-state index contributed by atoms with van der Waals surface area (Å²) in [6, 6.07) is 11.7. The fourth-order valence-electron chi connectivity index (χ4n) is 3.11. The van der Waals surface area contributed by atoms with Crippen LogP contribution >= 0.6 is 0 Å². The lowest BCUT2D eigenvalue weighted by Crippen LogP contribution is -2.16. The summed E-state index contributed by atoms with van der Waals surface area (Å²) in [4.78, 5) is 12.4. The van der Waals surface area contributed by atoms with Crippen LogP contribution in [-0.4, -0.2) is 28.8 Å². The molecule has 1 aromatic heterocycles. The number of ether oxygens (including phenoxy) is 1. The maximum Gasteiger partial charge on any atom is 0.228 e. The molecule has 2 aromatic carbocycles. The van der Waals surface area contributed by atoms with E-state index < -0.39 is 0 Å². The number of amides is 1. The molecule has 1 aliphatic rings. The second-order valence-corrected chi connectivity index (χ2v) is 6.23. The lowest BCUT2D eigenvalue weighted by molar-refractivity contribution is -0.115. The molecule has 0 spiro atoms. The van der Waals surface area contributed by atoms with E-state index in [-0.39, 0.29) is 5.91 Å². The average Bonchev–Trinajstić information content (AvgIpc) is 2.81. The van der Waals surface area contributed by atoms with E-state index in [2.05, 4.69) is 15.7 Å². The molecule has 0 saturated carbocycles. The fraction of sp³-hybridized carbons (Fsp3) is 0.263. The second-order valence-electron chi connectivity index (χ2n) is 6.23. The van der Waals surface area contributed by atoms with E-state index in [0.29, 0.717) is 13.0 Å². The summed E-state index contributed by atoms with van der Waals surface area (Å²) in [7, 11) is 1.91. The summed E-state index contributed by atoms with van der Waals surface area (Å²) < 4.78 is 7.49. The minimum absolute atomic E-state index is 0.0364. The zero-order valence-electron chi connectivity index (χ0n) is 14.1. The van der Waals surface area contributed by atoms with E-state index >= 15 is 0 Å². The van der Waals surface area contributed by atoms with Gasteiger partial charge in [-0.05, 0) is 35.9 Å². The van der Waals surface area contributed by atoms with Gasteiger partial charge in [-0.1, -0.05) is 6.07 Å². The van der Waals surface area contributed by atoms with Crippen LogP contribution in [0, 0.1) is 0 Å². The lowest BCUT2D eigenvalue weighted by atomic mass is 10.1. The van der Waals surface area contributed by atoms with Gasteiger partial charge in [0.2, 0.25) is 5.91 Å². The number of hydrogen-bond donors (Lipinski definition) is 2. The van der Waals surface area contributed by atoms with Crippen molar-refractivity contribution < 1.29 is 9.53 Å². The summed E-state index contributed by atoms with van der Waals surface area (Å²) in [6.45, 7) is 2.24. The van der Waals surface area contributed by atoms with Crippen LogP contribution in [0.3, 0.4) is 0 Å². The smallest absolute Gasteiger partial charge is 0.228 e. The van der Waals surface area contributed by atoms with E-state index in [1.54, 1.807) is 0 Å². The van der Waals surface area contributed by atoms with E-state index in [1.165, 1.54) is 0 Å². The summed E-state index contributed by atoms with van der Waals surface area (Å²) in [5, 5.41) is 11.5. The van der Waals surface area contributed by atoms with E-state index in [4.69, 9.17) is 4.74 Å².